The maximum absolute atomic E-state index is 12.0. The van der Waals surface area contributed by atoms with Crippen molar-refractivity contribution in [3.8, 4) is 0 Å². The fourth-order valence-electron chi connectivity index (χ4n) is 2.77. The molecule has 1 aliphatic heterocycles. The number of carbonyl (C=O) groups excluding carboxylic acids is 1. The van der Waals surface area contributed by atoms with Crippen LogP contribution in [-0.2, 0) is 13.0 Å². The summed E-state index contributed by atoms with van der Waals surface area (Å²) < 4.78 is 0. The lowest BCUT2D eigenvalue weighted by molar-refractivity contribution is 0.0927. The lowest BCUT2D eigenvalue weighted by atomic mass is 9.99. The minimum Gasteiger partial charge on any atom is -0.349 e. The molecule has 1 aromatic heterocycles. The molecule has 1 atom stereocenters. The maximum Gasteiger partial charge on any atom is 0.271 e. The second-order valence-corrected chi connectivity index (χ2v) is 5.64. The van der Waals surface area contributed by atoms with Gasteiger partial charge in [0.15, 0.2) is 0 Å². The third-order valence-electron chi connectivity index (χ3n) is 4.14. The standard InChI is InChI=1S/C17H20N4O/c1-13(10-20-17(22)16-11-18-7-8-19-16)21-9-6-14-4-2-3-5-15(14)12-21/h2-5,7-8,11,13H,6,9-10,12H2,1H3,(H,20,22). The minimum atomic E-state index is -0.169. The van der Waals surface area contributed by atoms with Crippen molar-refractivity contribution in [2.45, 2.75) is 25.9 Å². The Balaban J connectivity index is 1.55. The molecule has 22 heavy (non-hydrogen) atoms. The third kappa shape index (κ3) is 3.31. The molecule has 5 nitrogen and oxygen atoms in total. The molecule has 1 unspecified atom stereocenters. The smallest absolute Gasteiger partial charge is 0.271 e. The molecule has 2 heterocycles. The van der Waals surface area contributed by atoms with Gasteiger partial charge in [-0.25, -0.2) is 4.98 Å². The van der Waals surface area contributed by atoms with E-state index in [0.29, 0.717) is 12.2 Å². The van der Waals surface area contributed by atoms with Gasteiger partial charge in [0.05, 0.1) is 6.20 Å². The van der Waals surface area contributed by atoms with Crippen molar-refractivity contribution in [2.75, 3.05) is 13.1 Å². The molecule has 1 aromatic carbocycles. The summed E-state index contributed by atoms with van der Waals surface area (Å²) in [5.41, 5.74) is 3.19. The number of rotatable bonds is 4. The van der Waals surface area contributed by atoms with Crippen LogP contribution in [0.3, 0.4) is 0 Å². The lowest BCUT2D eigenvalue weighted by Gasteiger charge is -2.33. The Labute approximate surface area is 130 Å². The molecule has 0 aliphatic carbocycles. The van der Waals surface area contributed by atoms with Gasteiger partial charge in [-0.1, -0.05) is 24.3 Å². The monoisotopic (exact) mass is 296 g/mol. The van der Waals surface area contributed by atoms with Crippen molar-refractivity contribution in [3.63, 3.8) is 0 Å². The van der Waals surface area contributed by atoms with E-state index in [2.05, 4.69) is 51.4 Å². The molecule has 1 N–H and O–H groups in total. The van der Waals surface area contributed by atoms with Gasteiger partial charge in [-0.2, -0.15) is 0 Å². The van der Waals surface area contributed by atoms with Crippen LogP contribution >= 0.6 is 0 Å². The van der Waals surface area contributed by atoms with E-state index in [0.717, 1.165) is 19.5 Å². The molecule has 0 fully saturated rings. The number of hydrogen-bond donors (Lipinski definition) is 1. The Hall–Kier alpha value is -2.27. The zero-order chi connectivity index (χ0) is 15.4. The predicted molar refractivity (Wildman–Crippen MR) is 84.4 cm³/mol. The van der Waals surface area contributed by atoms with E-state index in [4.69, 9.17) is 0 Å². The SMILES string of the molecule is CC(CNC(=O)c1cnccn1)N1CCc2ccccc2C1. The molecule has 0 spiro atoms. The molecule has 5 heteroatoms. The zero-order valence-corrected chi connectivity index (χ0v) is 12.7. The first-order chi connectivity index (χ1) is 10.7. The predicted octanol–water partition coefficient (Wildman–Crippen LogP) is 1.65. The van der Waals surface area contributed by atoms with Gasteiger partial charge < -0.3 is 5.32 Å². The summed E-state index contributed by atoms with van der Waals surface area (Å²) in [4.78, 5) is 22.3. The molecule has 2 aromatic rings. The lowest BCUT2D eigenvalue weighted by Crippen LogP contribution is -2.44. The van der Waals surface area contributed by atoms with E-state index < -0.39 is 0 Å². The number of nitrogens with zero attached hydrogens (tertiary/aromatic N) is 3. The molecule has 0 saturated carbocycles. The van der Waals surface area contributed by atoms with Gasteiger partial charge >= 0.3 is 0 Å². The number of nitrogens with one attached hydrogen (secondary N) is 1. The van der Waals surface area contributed by atoms with E-state index >= 15 is 0 Å². The Bertz CT molecular complexity index is 644. The summed E-state index contributed by atoms with van der Waals surface area (Å²) in [6.07, 6.45) is 5.64. The molecule has 1 aliphatic rings. The first kappa shape index (κ1) is 14.7. The van der Waals surface area contributed by atoms with Crippen molar-refractivity contribution < 1.29 is 4.79 Å². The van der Waals surface area contributed by atoms with Gasteiger partial charge in [-0.3, -0.25) is 14.7 Å². The van der Waals surface area contributed by atoms with Crippen molar-refractivity contribution >= 4 is 5.91 Å². The summed E-state index contributed by atoms with van der Waals surface area (Å²) in [5.74, 6) is -0.169. The fraction of sp³-hybridized carbons (Fsp3) is 0.353. The molecular weight excluding hydrogens is 276 g/mol. The highest BCUT2D eigenvalue weighted by Gasteiger charge is 2.20. The fourth-order valence-corrected chi connectivity index (χ4v) is 2.77. The summed E-state index contributed by atoms with van der Waals surface area (Å²) in [5, 5.41) is 2.94. The van der Waals surface area contributed by atoms with E-state index in [1.54, 1.807) is 6.20 Å². The molecule has 0 radical (unpaired) electrons. The van der Waals surface area contributed by atoms with Crippen LogP contribution in [-0.4, -0.2) is 39.9 Å². The third-order valence-corrected chi connectivity index (χ3v) is 4.14. The molecule has 0 bridgehead atoms. The number of amides is 1. The van der Waals surface area contributed by atoms with Crippen LogP contribution in [0.2, 0.25) is 0 Å². The molecule has 1 amide bonds. The molecule has 0 saturated heterocycles. The summed E-state index contributed by atoms with van der Waals surface area (Å²) in [6.45, 7) is 4.72. The first-order valence-electron chi connectivity index (χ1n) is 7.59. The summed E-state index contributed by atoms with van der Waals surface area (Å²) in [6, 6.07) is 8.86. The van der Waals surface area contributed by atoms with Gasteiger partial charge in [0, 0.05) is 38.1 Å². The highest BCUT2D eigenvalue weighted by Crippen LogP contribution is 2.19. The van der Waals surface area contributed by atoms with Gasteiger partial charge in [0.25, 0.3) is 5.91 Å². The van der Waals surface area contributed by atoms with Crippen molar-refractivity contribution in [3.05, 3.63) is 59.7 Å². The second-order valence-electron chi connectivity index (χ2n) is 5.64. The van der Waals surface area contributed by atoms with Crippen LogP contribution < -0.4 is 5.32 Å². The summed E-state index contributed by atoms with van der Waals surface area (Å²) >= 11 is 0. The maximum atomic E-state index is 12.0. The minimum absolute atomic E-state index is 0.169. The van der Waals surface area contributed by atoms with E-state index in [-0.39, 0.29) is 11.9 Å². The van der Waals surface area contributed by atoms with E-state index in [1.165, 1.54) is 23.5 Å². The highest BCUT2D eigenvalue weighted by atomic mass is 16.1. The van der Waals surface area contributed by atoms with Gasteiger partial charge in [-0.15, -0.1) is 0 Å². The number of aromatic nitrogens is 2. The van der Waals surface area contributed by atoms with Gasteiger partial charge in [-0.05, 0) is 24.5 Å². The molecule has 3 rings (SSSR count). The van der Waals surface area contributed by atoms with Gasteiger partial charge in [0.2, 0.25) is 0 Å². The van der Waals surface area contributed by atoms with Crippen molar-refractivity contribution in [1.29, 1.82) is 0 Å². The van der Waals surface area contributed by atoms with Crippen LogP contribution in [0.1, 0.15) is 28.5 Å². The summed E-state index contributed by atoms with van der Waals surface area (Å²) in [7, 11) is 0. The number of benzene rings is 1. The van der Waals surface area contributed by atoms with Crippen LogP contribution in [0.25, 0.3) is 0 Å². The largest absolute Gasteiger partial charge is 0.349 e. The van der Waals surface area contributed by atoms with E-state index in [9.17, 15) is 4.79 Å². The molecular formula is C17H20N4O. The van der Waals surface area contributed by atoms with Crippen LogP contribution in [0.15, 0.2) is 42.9 Å². The highest BCUT2D eigenvalue weighted by molar-refractivity contribution is 5.91. The van der Waals surface area contributed by atoms with Crippen LogP contribution in [0.4, 0.5) is 0 Å². The van der Waals surface area contributed by atoms with Crippen molar-refractivity contribution in [2.24, 2.45) is 0 Å². The van der Waals surface area contributed by atoms with E-state index in [1.807, 2.05) is 0 Å². The Morgan fingerprint density at radius 3 is 2.91 bits per heavy atom. The molecule has 114 valence electrons. The number of hydrogen-bond acceptors (Lipinski definition) is 4. The Morgan fingerprint density at radius 1 is 1.32 bits per heavy atom. The van der Waals surface area contributed by atoms with Crippen LogP contribution in [0, 0.1) is 0 Å². The second kappa shape index (κ2) is 6.66. The number of carbonyl (C=O) groups is 1. The quantitative estimate of drug-likeness (QED) is 0.932. The van der Waals surface area contributed by atoms with Crippen molar-refractivity contribution in [1.82, 2.24) is 20.2 Å². The number of fused-ring (bicyclic) bond motifs is 1. The zero-order valence-electron chi connectivity index (χ0n) is 12.7. The first-order valence-corrected chi connectivity index (χ1v) is 7.59. The Morgan fingerprint density at radius 2 is 2.14 bits per heavy atom. The normalized spacial score (nSPS) is 15.9. The average Bonchev–Trinajstić information content (AvgIpc) is 2.59. The average molecular weight is 296 g/mol. The Kier molecular flexibility index (Phi) is 4.44. The van der Waals surface area contributed by atoms with Crippen LogP contribution in [0.5, 0.6) is 0 Å². The topological polar surface area (TPSA) is 58.1 Å². The van der Waals surface area contributed by atoms with Gasteiger partial charge in [0.1, 0.15) is 5.69 Å².